The first kappa shape index (κ1) is 17.8. The lowest BCUT2D eigenvalue weighted by atomic mass is 10.0. The van der Waals surface area contributed by atoms with Crippen molar-refractivity contribution in [1.82, 2.24) is 0 Å². The van der Waals surface area contributed by atoms with Gasteiger partial charge in [0.25, 0.3) is 5.69 Å². The van der Waals surface area contributed by atoms with Gasteiger partial charge in [-0.05, 0) is 12.1 Å². The molecule has 7 heteroatoms. The Bertz CT molecular complexity index is 762. The summed E-state index contributed by atoms with van der Waals surface area (Å²) >= 11 is 0. The summed E-state index contributed by atoms with van der Waals surface area (Å²) in [5.41, 5.74) is 0.887. The summed E-state index contributed by atoms with van der Waals surface area (Å²) < 4.78 is 11.4. The Balaban J connectivity index is 2.22. The van der Waals surface area contributed by atoms with Crippen LogP contribution < -0.4 is 5.32 Å². The lowest BCUT2D eigenvalue weighted by Crippen LogP contribution is -2.13. The number of nitro groups is 1. The first-order valence-corrected chi connectivity index (χ1v) is 8.98. The van der Waals surface area contributed by atoms with Gasteiger partial charge in [0, 0.05) is 46.0 Å². The van der Waals surface area contributed by atoms with Crippen LogP contribution in [0.3, 0.4) is 0 Å². The molecule has 0 radical (unpaired) electrons. The van der Waals surface area contributed by atoms with E-state index in [0.717, 1.165) is 0 Å². The molecule has 6 nitrogen and oxygen atoms in total. The number of hydrogen-bond acceptors (Lipinski definition) is 5. The molecule has 0 aliphatic carbocycles. The normalized spacial score (nSPS) is 11.7. The highest BCUT2D eigenvalue weighted by atomic mass is 32.2. The summed E-state index contributed by atoms with van der Waals surface area (Å²) in [7, 11) is -0.941. The molecule has 0 fully saturated rings. The highest BCUT2D eigenvalue weighted by Gasteiger charge is 2.18. The third-order valence-electron chi connectivity index (χ3n) is 3.46. The van der Waals surface area contributed by atoms with Crippen LogP contribution in [0.25, 0.3) is 0 Å². The third-order valence-corrected chi connectivity index (χ3v) is 4.76. The maximum atomic E-state index is 12.4. The Morgan fingerprint density at radius 2 is 1.88 bits per heavy atom. The number of anilines is 1. The van der Waals surface area contributed by atoms with Gasteiger partial charge in [-0.3, -0.25) is 19.1 Å². The van der Waals surface area contributed by atoms with Crippen molar-refractivity contribution in [1.29, 1.82) is 0 Å². The Hall–Kier alpha value is -2.54. The number of nitro benzene ring substituents is 1. The van der Waals surface area contributed by atoms with Crippen molar-refractivity contribution in [2.24, 2.45) is 0 Å². The van der Waals surface area contributed by atoms with Crippen LogP contribution in [0.2, 0.25) is 0 Å². The van der Waals surface area contributed by atoms with Gasteiger partial charge in [-0.25, -0.2) is 0 Å². The topological polar surface area (TPSA) is 89.3 Å². The molecule has 0 aromatic heterocycles. The second-order valence-electron chi connectivity index (χ2n) is 5.04. The zero-order valence-electron chi connectivity index (χ0n) is 13.2. The Morgan fingerprint density at radius 3 is 2.50 bits per heavy atom. The van der Waals surface area contributed by atoms with E-state index < -0.39 is 15.7 Å². The summed E-state index contributed by atoms with van der Waals surface area (Å²) in [5.74, 6) is 0.699. The Kier molecular flexibility index (Phi) is 6.20. The molecule has 0 saturated carbocycles. The quantitative estimate of drug-likeness (QED) is 0.451. The van der Waals surface area contributed by atoms with Crippen molar-refractivity contribution in [2.75, 3.05) is 23.4 Å². The maximum absolute atomic E-state index is 12.4. The number of nitrogens with zero attached hydrogens (tertiary/aromatic N) is 1. The summed E-state index contributed by atoms with van der Waals surface area (Å²) in [6.45, 7) is 2.19. The standard InChI is InChI=1S/C17H18N2O4S/c1-2-24(23)11-10-18-15-9-8-14(12-16(15)19(21)22)17(20)13-6-4-3-5-7-13/h3-9,12,18H,2,10-11H2,1H3. The van der Waals surface area contributed by atoms with Crippen molar-refractivity contribution in [3.8, 4) is 0 Å². The van der Waals surface area contributed by atoms with Gasteiger partial charge in [0.1, 0.15) is 5.69 Å². The fourth-order valence-electron chi connectivity index (χ4n) is 2.17. The van der Waals surface area contributed by atoms with E-state index in [4.69, 9.17) is 0 Å². The smallest absolute Gasteiger partial charge is 0.293 e. The molecule has 0 aliphatic rings. The molecule has 0 spiro atoms. The molecule has 1 unspecified atom stereocenters. The van der Waals surface area contributed by atoms with Crippen LogP contribution in [0.4, 0.5) is 11.4 Å². The Labute approximate surface area is 142 Å². The molecule has 0 aliphatic heterocycles. The number of carbonyl (C=O) groups is 1. The minimum Gasteiger partial charge on any atom is -0.379 e. The fourth-order valence-corrected chi connectivity index (χ4v) is 2.79. The highest BCUT2D eigenvalue weighted by Crippen LogP contribution is 2.26. The van der Waals surface area contributed by atoms with Gasteiger partial charge in [0.05, 0.1) is 4.92 Å². The predicted molar refractivity (Wildman–Crippen MR) is 95.0 cm³/mol. The number of nitrogens with one attached hydrogen (secondary N) is 1. The molecular formula is C17H18N2O4S. The van der Waals surface area contributed by atoms with Gasteiger partial charge in [-0.2, -0.15) is 0 Å². The molecule has 1 N–H and O–H groups in total. The van der Waals surface area contributed by atoms with Crippen molar-refractivity contribution in [2.45, 2.75) is 6.92 Å². The average Bonchev–Trinajstić information content (AvgIpc) is 2.61. The molecule has 0 heterocycles. The third kappa shape index (κ3) is 4.48. The van der Waals surface area contributed by atoms with E-state index >= 15 is 0 Å². The van der Waals surface area contributed by atoms with Gasteiger partial charge in [-0.1, -0.05) is 37.3 Å². The van der Waals surface area contributed by atoms with E-state index in [9.17, 15) is 19.1 Å². The number of rotatable bonds is 8. The summed E-state index contributed by atoms with van der Waals surface area (Å²) in [5, 5.41) is 14.2. The number of ketones is 1. The number of hydrogen-bond donors (Lipinski definition) is 1. The van der Waals surface area contributed by atoms with E-state index in [1.54, 1.807) is 36.4 Å². The first-order valence-electron chi connectivity index (χ1n) is 7.50. The highest BCUT2D eigenvalue weighted by molar-refractivity contribution is 7.84. The number of carbonyl (C=O) groups excluding carboxylic acids is 1. The minimum atomic E-state index is -0.941. The fraction of sp³-hybridized carbons (Fsp3) is 0.235. The van der Waals surface area contributed by atoms with Crippen LogP contribution in [0.15, 0.2) is 48.5 Å². The van der Waals surface area contributed by atoms with E-state index in [1.165, 1.54) is 12.1 Å². The molecule has 0 bridgehead atoms. The van der Waals surface area contributed by atoms with Gasteiger partial charge in [0.2, 0.25) is 0 Å². The molecule has 126 valence electrons. The summed E-state index contributed by atoms with van der Waals surface area (Å²) in [6.07, 6.45) is 0. The van der Waals surface area contributed by atoms with Gasteiger partial charge in [0.15, 0.2) is 5.78 Å². The van der Waals surface area contributed by atoms with E-state index in [0.29, 0.717) is 29.3 Å². The average molecular weight is 346 g/mol. The van der Waals surface area contributed by atoms with E-state index in [1.807, 2.05) is 6.92 Å². The van der Waals surface area contributed by atoms with Crippen LogP contribution in [0.1, 0.15) is 22.8 Å². The predicted octanol–water partition coefficient (Wildman–Crippen LogP) is 3.01. The molecule has 24 heavy (non-hydrogen) atoms. The zero-order chi connectivity index (χ0) is 17.5. The minimum absolute atomic E-state index is 0.168. The molecule has 0 saturated heterocycles. The van der Waals surface area contributed by atoms with E-state index in [2.05, 4.69) is 5.32 Å². The Morgan fingerprint density at radius 1 is 1.17 bits per heavy atom. The van der Waals surface area contributed by atoms with Gasteiger partial charge < -0.3 is 5.32 Å². The second kappa shape index (κ2) is 8.35. The SMILES string of the molecule is CCS(=O)CCNc1ccc(C(=O)c2ccccc2)cc1[N+](=O)[O-]. The lowest BCUT2D eigenvalue weighted by molar-refractivity contribution is -0.384. The second-order valence-corrected chi connectivity index (χ2v) is 6.91. The van der Waals surface area contributed by atoms with Crippen molar-refractivity contribution in [3.05, 3.63) is 69.8 Å². The van der Waals surface area contributed by atoms with Crippen LogP contribution in [0.5, 0.6) is 0 Å². The van der Waals surface area contributed by atoms with Crippen molar-refractivity contribution >= 4 is 28.0 Å². The van der Waals surface area contributed by atoms with Crippen LogP contribution in [0, 0.1) is 10.1 Å². The lowest BCUT2D eigenvalue weighted by Gasteiger charge is -2.08. The summed E-state index contributed by atoms with van der Waals surface area (Å²) in [4.78, 5) is 23.1. The molecule has 2 aromatic carbocycles. The van der Waals surface area contributed by atoms with Gasteiger partial charge >= 0.3 is 0 Å². The molecule has 2 aromatic rings. The van der Waals surface area contributed by atoms with Gasteiger partial charge in [-0.15, -0.1) is 0 Å². The van der Waals surface area contributed by atoms with E-state index in [-0.39, 0.29) is 17.0 Å². The largest absolute Gasteiger partial charge is 0.379 e. The zero-order valence-corrected chi connectivity index (χ0v) is 14.0. The van der Waals surface area contributed by atoms with Crippen LogP contribution in [-0.2, 0) is 10.8 Å². The molecular weight excluding hydrogens is 328 g/mol. The monoisotopic (exact) mass is 346 g/mol. The maximum Gasteiger partial charge on any atom is 0.293 e. The van der Waals surface area contributed by atoms with Crippen LogP contribution in [-0.4, -0.2) is 33.0 Å². The molecule has 1 atom stereocenters. The van der Waals surface area contributed by atoms with Crippen molar-refractivity contribution < 1.29 is 13.9 Å². The molecule has 0 amide bonds. The summed E-state index contributed by atoms with van der Waals surface area (Å²) in [6, 6.07) is 13.0. The molecule has 2 rings (SSSR count). The van der Waals surface area contributed by atoms with Crippen LogP contribution >= 0.6 is 0 Å². The van der Waals surface area contributed by atoms with Crippen molar-refractivity contribution in [3.63, 3.8) is 0 Å². The first-order chi connectivity index (χ1) is 11.5. The number of benzene rings is 2.